The molecule has 0 heterocycles. The Morgan fingerprint density at radius 3 is 2.08 bits per heavy atom. The highest BCUT2D eigenvalue weighted by atomic mass is 32.3. The van der Waals surface area contributed by atoms with Gasteiger partial charge in [0.15, 0.2) is 0 Å². The molecule has 0 aromatic rings. The molecule has 0 bridgehead atoms. The smallest absolute Gasteiger partial charge is 0.394 e. The molecule has 8 heteroatoms. The standard InChI is InChI=1S/C5H8O3.H2O4S/c1-2-5(7)8-4-3-6;1-5(2,3)4/h2,6H,1,3-4H2;(H2,1,2,3,4). The van der Waals surface area contributed by atoms with Crippen molar-refractivity contribution >= 4 is 16.4 Å². The SMILES string of the molecule is C=CC(=O)OCCO.O=S(=O)(O)O. The lowest BCUT2D eigenvalue weighted by Gasteiger charge is -1.94. The minimum absolute atomic E-state index is 0.0465. The van der Waals surface area contributed by atoms with Crippen molar-refractivity contribution in [1.29, 1.82) is 0 Å². The van der Waals surface area contributed by atoms with Gasteiger partial charge in [0.05, 0.1) is 6.61 Å². The van der Waals surface area contributed by atoms with Crippen molar-refractivity contribution in [3.63, 3.8) is 0 Å². The molecule has 0 saturated heterocycles. The number of esters is 1. The Balaban J connectivity index is 0. The Bertz CT molecular complexity index is 234. The molecule has 7 nitrogen and oxygen atoms in total. The Kier molecular flexibility index (Phi) is 8.60. The van der Waals surface area contributed by atoms with Crippen LogP contribution < -0.4 is 0 Å². The van der Waals surface area contributed by atoms with Gasteiger partial charge in [-0.25, -0.2) is 4.79 Å². The second kappa shape index (κ2) is 7.68. The molecule has 0 aliphatic rings. The number of hydrogen-bond acceptors (Lipinski definition) is 5. The number of carbonyl (C=O) groups excluding carboxylic acids is 1. The van der Waals surface area contributed by atoms with Crippen molar-refractivity contribution in [3.05, 3.63) is 12.7 Å². The normalized spacial score (nSPS) is 9.46. The molecule has 0 saturated carbocycles. The van der Waals surface area contributed by atoms with E-state index in [1.165, 1.54) is 0 Å². The molecule has 0 aromatic heterocycles. The lowest BCUT2D eigenvalue weighted by Crippen LogP contribution is -2.04. The zero-order chi connectivity index (χ0) is 10.9. The van der Waals surface area contributed by atoms with Gasteiger partial charge >= 0.3 is 16.4 Å². The Morgan fingerprint density at radius 1 is 1.46 bits per heavy atom. The molecule has 0 unspecified atom stereocenters. The maximum Gasteiger partial charge on any atom is 0.394 e. The molecule has 78 valence electrons. The van der Waals surface area contributed by atoms with Crippen LogP contribution in [0, 0.1) is 0 Å². The third-order valence-corrected chi connectivity index (χ3v) is 0.502. The van der Waals surface area contributed by atoms with Gasteiger partial charge < -0.3 is 9.84 Å². The van der Waals surface area contributed by atoms with Crippen molar-refractivity contribution in [2.75, 3.05) is 13.2 Å². The summed E-state index contributed by atoms with van der Waals surface area (Å²) in [5.74, 6) is -0.501. The van der Waals surface area contributed by atoms with Crippen LogP contribution in [0.5, 0.6) is 0 Å². The van der Waals surface area contributed by atoms with Gasteiger partial charge in [-0.15, -0.1) is 0 Å². The summed E-state index contributed by atoms with van der Waals surface area (Å²) < 4.78 is 35.9. The fourth-order valence-corrected chi connectivity index (χ4v) is 0.205. The number of aliphatic hydroxyl groups excluding tert-OH is 1. The van der Waals surface area contributed by atoms with Crippen molar-refractivity contribution in [3.8, 4) is 0 Å². The van der Waals surface area contributed by atoms with Crippen LogP contribution in [0.1, 0.15) is 0 Å². The Hall–Kier alpha value is -0.960. The zero-order valence-corrected chi connectivity index (χ0v) is 7.40. The van der Waals surface area contributed by atoms with E-state index in [4.69, 9.17) is 22.6 Å². The number of hydrogen-bond donors (Lipinski definition) is 3. The molecular formula is C5H10O7S. The Labute approximate surface area is 75.2 Å². The minimum Gasteiger partial charge on any atom is -0.460 e. The van der Waals surface area contributed by atoms with E-state index in [0.717, 1.165) is 6.08 Å². The fraction of sp³-hybridized carbons (Fsp3) is 0.400. The first-order valence-electron chi connectivity index (χ1n) is 2.91. The molecule has 3 N–H and O–H groups in total. The van der Waals surface area contributed by atoms with Gasteiger partial charge in [-0.05, 0) is 0 Å². The molecule has 0 fully saturated rings. The van der Waals surface area contributed by atoms with Gasteiger partial charge in [-0.3, -0.25) is 9.11 Å². The second-order valence-corrected chi connectivity index (χ2v) is 2.44. The van der Waals surface area contributed by atoms with Crippen molar-refractivity contribution < 1.29 is 32.2 Å². The molecule has 0 aliphatic heterocycles. The van der Waals surface area contributed by atoms with Gasteiger partial charge in [-0.1, -0.05) is 6.58 Å². The molecule has 0 radical (unpaired) electrons. The summed E-state index contributed by atoms with van der Waals surface area (Å²) in [5.41, 5.74) is 0. The quantitative estimate of drug-likeness (QED) is 0.314. The number of aliphatic hydroxyl groups is 1. The van der Waals surface area contributed by atoms with E-state index in [-0.39, 0.29) is 13.2 Å². The first-order valence-corrected chi connectivity index (χ1v) is 4.31. The van der Waals surface area contributed by atoms with Gasteiger partial charge in [0.25, 0.3) is 0 Å². The van der Waals surface area contributed by atoms with Crippen LogP contribution in [-0.2, 0) is 19.9 Å². The van der Waals surface area contributed by atoms with E-state index < -0.39 is 16.4 Å². The Morgan fingerprint density at radius 2 is 1.85 bits per heavy atom. The third kappa shape index (κ3) is 35.5. The summed E-state index contributed by atoms with van der Waals surface area (Å²) in [6.07, 6.45) is 1.05. The minimum atomic E-state index is -4.67. The van der Waals surface area contributed by atoms with Crippen LogP contribution in [0.4, 0.5) is 0 Å². The van der Waals surface area contributed by atoms with Crippen molar-refractivity contribution in [2.24, 2.45) is 0 Å². The average Bonchev–Trinajstić information content (AvgIpc) is 1.97. The zero-order valence-electron chi connectivity index (χ0n) is 6.58. The summed E-state index contributed by atoms with van der Waals surface area (Å²) in [4.78, 5) is 10.1. The van der Waals surface area contributed by atoms with E-state index >= 15 is 0 Å². The highest BCUT2D eigenvalue weighted by molar-refractivity contribution is 7.79. The van der Waals surface area contributed by atoms with Crippen LogP contribution in [0.2, 0.25) is 0 Å². The summed E-state index contributed by atoms with van der Waals surface area (Å²) >= 11 is 0. The van der Waals surface area contributed by atoms with E-state index in [1.54, 1.807) is 0 Å². The predicted octanol–water partition coefficient (Wildman–Crippen LogP) is -0.945. The van der Waals surface area contributed by atoms with Gasteiger partial charge in [-0.2, -0.15) is 8.42 Å². The van der Waals surface area contributed by atoms with Crippen LogP contribution in [-0.4, -0.2) is 41.8 Å². The molecule has 13 heavy (non-hydrogen) atoms. The molecule has 0 aromatic carbocycles. The molecule has 0 spiro atoms. The van der Waals surface area contributed by atoms with Gasteiger partial charge in [0, 0.05) is 6.08 Å². The lowest BCUT2D eigenvalue weighted by atomic mass is 10.6. The number of carbonyl (C=O) groups is 1. The summed E-state index contributed by atoms with van der Waals surface area (Å²) in [7, 11) is -4.67. The van der Waals surface area contributed by atoms with Crippen LogP contribution >= 0.6 is 0 Å². The largest absolute Gasteiger partial charge is 0.460 e. The highest BCUT2D eigenvalue weighted by Gasteiger charge is 1.90. The fourth-order valence-electron chi connectivity index (χ4n) is 0.205. The molecule has 0 amide bonds. The molecule has 0 rings (SSSR count). The first kappa shape index (κ1) is 14.6. The third-order valence-electron chi connectivity index (χ3n) is 0.502. The molecule has 0 atom stereocenters. The monoisotopic (exact) mass is 214 g/mol. The van der Waals surface area contributed by atoms with Crippen LogP contribution in [0.3, 0.4) is 0 Å². The van der Waals surface area contributed by atoms with Crippen molar-refractivity contribution in [1.82, 2.24) is 0 Å². The van der Waals surface area contributed by atoms with Crippen molar-refractivity contribution in [2.45, 2.75) is 0 Å². The maximum absolute atomic E-state index is 10.1. The second-order valence-electron chi connectivity index (χ2n) is 1.54. The lowest BCUT2D eigenvalue weighted by molar-refractivity contribution is -0.138. The van der Waals surface area contributed by atoms with E-state index in [9.17, 15) is 4.79 Å². The summed E-state index contributed by atoms with van der Waals surface area (Å²) in [5, 5.41) is 8.10. The highest BCUT2D eigenvalue weighted by Crippen LogP contribution is 1.75. The van der Waals surface area contributed by atoms with E-state index in [2.05, 4.69) is 11.3 Å². The maximum atomic E-state index is 10.1. The molecular weight excluding hydrogens is 204 g/mol. The van der Waals surface area contributed by atoms with Crippen LogP contribution in [0.15, 0.2) is 12.7 Å². The van der Waals surface area contributed by atoms with E-state index in [0.29, 0.717) is 0 Å². The van der Waals surface area contributed by atoms with E-state index in [1.807, 2.05) is 0 Å². The number of rotatable bonds is 3. The van der Waals surface area contributed by atoms with Gasteiger partial charge in [0.1, 0.15) is 6.61 Å². The summed E-state index contributed by atoms with van der Waals surface area (Å²) in [6.45, 7) is 3.06. The topological polar surface area (TPSA) is 121 Å². The number of ether oxygens (including phenoxy) is 1. The van der Waals surface area contributed by atoms with Crippen LogP contribution in [0.25, 0.3) is 0 Å². The first-order chi connectivity index (χ1) is 5.81. The average molecular weight is 214 g/mol. The molecule has 0 aliphatic carbocycles. The predicted molar refractivity (Wildman–Crippen MR) is 42.4 cm³/mol. The van der Waals surface area contributed by atoms with Gasteiger partial charge in [0.2, 0.25) is 0 Å². The summed E-state index contributed by atoms with van der Waals surface area (Å²) in [6, 6.07) is 0.